The number of carbonyl (C=O) groups excluding carboxylic acids is 3. The van der Waals surface area contributed by atoms with Gasteiger partial charge in [0, 0.05) is 11.8 Å². The van der Waals surface area contributed by atoms with Gasteiger partial charge >= 0.3 is 0 Å². The maximum atomic E-state index is 12.5. The number of nitrogens with zero attached hydrogens (tertiary/aromatic N) is 1. The number of hydrogen-bond acceptors (Lipinski definition) is 8. The van der Waals surface area contributed by atoms with Crippen molar-refractivity contribution in [1.82, 2.24) is 21.5 Å². The molecule has 8 N–H and O–H groups in total. The number of phenolic OH excluding ortho intramolecular Hbond substituents is 1. The van der Waals surface area contributed by atoms with Gasteiger partial charge in [0.25, 0.3) is 5.91 Å². The Morgan fingerprint density at radius 2 is 1.92 bits per heavy atom. The number of phenols is 1. The number of benzene rings is 1. The molecule has 26 heavy (non-hydrogen) atoms. The molecule has 1 aliphatic rings. The third-order valence-corrected chi connectivity index (χ3v) is 3.43. The predicted octanol–water partition coefficient (Wildman–Crippen LogP) is -1.83. The van der Waals surface area contributed by atoms with Crippen molar-refractivity contribution in [2.45, 2.75) is 0 Å². The van der Waals surface area contributed by atoms with Crippen LogP contribution >= 0.6 is 24.4 Å². The van der Waals surface area contributed by atoms with Crippen molar-refractivity contribution in [3.05, 3.63) is 24.3 Å². The van der Waals surface area contributed by atoms with Crippen LogP contribution in [0.2, 0.25) is 0 Å². The maximum absolute atomic E-state index is 12.5. The SMILES string of the molecule is NNC(=S)N/N=C(\C(=O)Nc1cccc(O)c1)C1C(=O)NC(=S)NC1=O. The van der Waals surface area contributed by atoms with E-state index in [1.165, 1.54) is 24.3 Å². The topological polar surface area (TPSA) is 170 Å². The van der Waals surface area contributed by atoms with Gasteiger partial charge in [0.2, 0.25) is 16.9 Å². The second kappa shape index (κ2) is 8.28. The van der Waals surface area contributed by atoms with Crippen molar-refractivity contribution < 1.29 is 19.5 Å². The number of thiocarbonyl (C=S) groups is 2. The molecule has 1 saturated heterocycles. The monoisotopic (exact) mass is 395 g/mol. The van der Waals surface area contributed by atoms with Gasteiger partial charge in [-0.1, -0.05) is 6.07 Å². The third kappa shape index (κ3) is 4.69. The molecule has 3 amide bonds. The fourth-order valence-corrected chi connectivity index (χ4v) is 2.18. The van der Waals surface area contributed by atoms with E-state index in [9.17, 15) is 19.5 Å². The van der Waals surface area contributed by atoms with Crippen LogP contribution in [-0.4, -0.2) is 38.8 Å². The van der Waals surface area contributed by atoms with Crippen molar-refractivity contribution in [1.29, 1.82) is 0 Å². The smallest absolute Gasteiger partial charge is 0.273 e. The molecule has 2 rings (SSSR count). The molecule has 0 radical (unpaired) electrons. The number of hydrazone groups is 1. The summed E-state index contributed by atoms with van der Waals surface area (Å²) >= 11 is 9.46. The van der Waals surface area contributed by atoms with E-state index in [0.29, 0.717) is 0 Å². The highest BCUT2D eigenvalue weighted by molar-refractivity contribution is 7.80. The molecule has 13 heteroatoms. The fourth-order valence-electron chi connectivity index (χ4n) is 1.94. The summed E-state index contributed by atoms with van der Waals surface area (Å²) in [5.41, 5.74) is 4.04. The van der Waals surface area contributed by atoms with E-state index in [0.717, 1.165) is 0 Å². The van der Waals surface area contributed by atoms with E-state index in [4.69, 9.17) is 30.3 Å². The fraction of sp³-hybridized carbons (Fsp3) is 0.0769. The zero-order valence-electron chi connectivity index (χ0n) is 12.9. The maximum Gasteiger partial charge on any atom is 0.273 e. The molecule has 0 bridgehead atoms. The summed E-state index contributed by atoms with van der Waals surface area (Å²) in [6.07, 6.45) is 0. The first-order valence-electron chi connectivity index (χ1n) is 6.92. The van der Waals surface area contributed by atoms with Crippen LogP contribution in [-0.2, 0) is 14.4 Å². The normalized spacial score (nSPS) is 15.0. The lowest BCUT2D eigenvalue weighted by molar-refractivity contribution is -0.132. The quantitative estimate of drug-likeness (QED) is 0.102. The number of hydrogen-bond donors (Lipinski definition) is 7. The highest BCUT2D eigenvalue weighted by Gasteiger charge is 2.40. The summed E-state index contributed by atoms with van der Waals surface area (Å²) in [4.78, 5) is 36.8. The van der Waals surface area contributed by atoms with Crippen LogP contribution in [0.3, 0.4) is 0 Å². The van der Waals surface area contributed by atoms with Gasteiger partial charge in [-0.2, -0.15) is 5.10 Å². The van der Waals surface area contributed by atoms with Crippen molar-refractivity contribution in [2.75, 3.05) is 5.32 Å². The minimum Gasteiger partial charge on any atom is -0.508 e. The zero-order valence-corrected chi connectivity index (χ0v) is 14.5. The van der Waals surface area contributed by atoms with E-state index in [1.54, 1.807) is 0 Å². The summed E-state index contributed by atoms with van der Waals surface area (Å²) in [5.74, 6) is 0.861. The van der Waals surface area contributed by atoms with Gasteiger partial charge in [0.05, 0.1) is 0 Å². The second-order valence-corrected chi connectivity index (χ2v) is 5.64. The molecule has 136 valence electrons. The lowest BCUT2D eigenvalue weighted by Gasteiger charge is -2.23. The molecule has 1 aliphatic heterocycles. The molecule has 1 fully saturated rings. The summed E-state index contributed by atoms with van der Waals surface area (Å²) in [6, 6.07) is 5.66. The highest BCUT2D eigenvalue weighted by Crippen LogP contribution is 2.16. The number of aromatic hydroxyl groups is 1. The van der Waals surface area contributed by atoms with Crippen LogP contribution < -0.4 is 32.6 Å². The minimum absolute atomic E-state index is 0.0913. The minimum atomic E-state index is -1.59. The van der Waals surface area contributed by atoms with Crippen molar-refractivity contribution in [3.8, 4) is 5.75 Å². The Balaban J connectivity index is 2.32. The highest BCUT2D eigenvalue weighted by atomic mass is 32.1. The number of carbonyl (C=O) groups is 3. The number of rotatable bonds is 4. The van der Waals surface area contributed by atoms with Gasteiger partial charge in [-0.3, -0.25) is 25.2 Å². The molecule has 0 saturated carbocycles. The van der Waals surface area contributed by atoms with Gasteiger partial charge in [-0.15, -0.1) is 0 Å². The number of amides is 3. The van der Waals surface area contributed by atoms with E-state index in [1.807, 2.05) is 0 Å². The first-order valence-corrected chi connectivity index (χ1v) is 7.73. The van der Waals surface area contributed by atoms with Gasteiger partial charge in [-0.25, -0.2) is 5.84 Å². The zero-order chi connectivity index (χ0) is 19.3. The van der Waals surface area contributed by atoms with Crippen LogP contribution in [0, 0.1) is 5.92 Å². The molecule has 0 atom stereocenters. The molecule has 1 aromatic carbocycles. The van der Waals surface area contributed by atoms with E-state index >= 15 is 0 Å². The molecule has 11 nitrogen and oxygen atoms in total. The van der Waals surface area contributed by atoms with Gasteiger partial charge in [0.1, 0.15) is 11.5 Å². The summed E-state index contributed by atoms with van der Waals surface area (Å²) in [5, 5.41) is 19.7. The molecular weight excluding hydrogens is 382 g/mol. The predicted molar refractivity (Wildman–Crippen MR) is 99.6 cm³/mol. The molecule has 1 heterocycles. The first kappa shape index (κ1) is 19.2. The number of nitrogens with one attached hydrogen (secondary N) is 5. The standard InChI is InChI=1S/C13H13N7O4S2/c14-18-13(26)20-19-8(7-9(22)16-12(25)17-10(7)23)11(24)15-5-2-1-3-6(21)4-5/h1-4,7,21H,14H2,(H,15,24)(H2,18,20,26)(H2,16,17,22,23,25)/b19-8-. The Bertz CT molecular complexity index is 806. The van der Waals surface area contributed by atoms with E-state index in [2.05, 4.69) is 31.9 Å². The van der Waals surface area contributed by atoms with Crippen LogP contribution in [0.1, 0.15) is 0 Å². The van der Waals surface area contributed by atoms with E-state index < -0.39 is 29.4 Å². The lowest BCUT2D eigenvalue weighted by Crippen LogP contribution is -2.59. The van der Waals surface area contributed by atoms with Gasteiger partial charge < -0.3 is 21.1 Å². The molecule has 0 unspecified atom stereocenters. The second-order valence-electron chi connectivity index (χ2n) is 4.83. The molecular formula is C13H13N7O4S2. The molecule has 0 spiro atoms. The summed E-state index contributed by atoms with van der Waals surface area (Å²) in [7, 11) is 0. The Labute approximate surface area is 157 Å². The Morgan fingerprint density at radius 1 is 1.27 bits per heavy atom. The van der Waals surface area contributed by atoms with Crippen molar-refractivity contribution in [3.63, 3.8) is 0 Å². The number of nitrogens with two attached hydrogens (primary N) is 1. The average Bonchev–Trinajstić information content (AvgIpc) is 2.56. The van der Waals surface area contributed by atoms with Crippen molar-refractivity contribution >= 4 is 63.8 Å². The Kier molecular flexibility index (Phi) is 6.11. The molecule has 0 aliphatic carbocycles. The Hall–Kier alpha value is -3.16. The van der Waals surface area contributed by atoms with Crippen LogP contribution in [0.15, 0.2) is 29.4 Å². The molecule has 0 aromatic heterocycles. The first-order chi connectivity index (χ1) is 12.3. The number of hydrazine groups is 1. The van der Waals surface area contributed by atoms with Crippen molar-refractivity contribution in [2.24, 2.45) is 16.9 Å². The largest absolute Gasteiger partial charge is 0.508 e. The van der Waals surface area contributed by atoms with Crippen LogP contribution in [0.25, 0.3) is 0 Å². The molecule has 1 aromatic rings. The van der Waals surface area contributed by atoms with Crippen LogP contribution in [0.5, 0.6) is 5.75 Å². The van der Waals surface area contributed by atoms with Gasteiger partial charge in [0.15, 0.2) is 11.0 Å². The average molecular weight is 395 g/mol. The lowest BCUT2D eigenvalue weighted by atomic mass is 9.99. The van der Waals surface area contributed by atoms with E-state index in [-0.39, 0.29) is 21.7 Å². The summed E-state index contributed by atoms with van der Waals surface area (Å²) in [6.45, 7) is 0. The number of anilines is 1. The summed E-state index contributed by atoms with van der Waals surface area (Å²) < 4.78 is 0. The Morgan fingerprint density at radius 3 is 2.50 bits per heavy atom. The van der Waals surface area contributed by atoms with Crippen LogP contribution in [0.4, 0.5) is 5.69 Å². The third-order valence-electron chi connectivity index (χ3n) is 3.02. The van der Waals surface area contributed by atoms with Gasteiger partial charge in [-0.05, 0) is 36.6 Å².